The first-order valence-corrected chi connectivity index (χ1v) is 10.1. The van der Waals surface area contributed by atoms with Crippen molar-refractivity contribution < 1.29 is 4.79 Å². The average Bonchev–Trinajstić information content (AvgIpc) is 3.41. The average molecular weight is 354 g/mol. The van der Waals surface area contributed by atoms with Gasteiger partial charge in [0.25, 0.3) is 0 Å². The Hall–Kier alpha value is -1.59. The summed E-state index contributed by atoms with van der Waals surface area (Å²) in [7, 11) is 0. The number of carbonyl (C=O) groups is 1. The molecule has 5 rings (SSSR count). The highest BCUT2D eigenvalue weighted by Gasteiger charge is 2.44. The highest BCUT2D eigenvalue weighted by molar-refractivity contribution is 5.85. The number of carbonyl (C=O) groups excluding carboxylic acids is 1. The molecule has 5 heteroatoms. The molecule has 3 fully saturated rings. The first kappa shape index (κ1) is 17.8. The van der Waals surface area contributed by atoms with E-state index in [1.54, 1.807) is 6.33 Å². The maximum atomic E-state index is 11.2. The molecule has 3 heterocycles. The molecule has 0 N–H and O–H groups in total. The van der Waals surface area contributed by atoms with Crippen LogP contribution in [0.1, 0.15) is 45.6 Å². The number of likely N-dealkylation sites (tertiary alicyclic amines) is 2. The number of hydrogen-bond acceptors (Lipinski definition) is 5. The number of fused-ring (bicyclic) bond motifs is 4. The van der Waals surface area contributed by atoms with Gasteiger partial charge in [0, 0.05) is 61.5 Å². The largest absolute Gasteiger partial charge is 0.299 e. The van der Waals surface area contributed by atoms with Crippen LogP contribution in [-0.4, -0.2) is 63.3 Å². The fraction of sp³-hybridized carbons (Fsp3) is 0.667. The van der Waals surface area contributed by atoms with Gasteiger partial charge < -0.3 is 0 Å². The number of nitrogens with zero attached hydrogens (tertiary/aromatic N) is 4. The third-order valence-electron chi connectivity index (χ3n) is 6.52. The number of ketones is 1. The van der Waals surface area contributed by atoms with Gasteiger partial charge in [0.05, 0.1) is 0 Å². The molecule has 4 bridgehead atoms. The van der Waals surface area contributed by atoms with Gasteiger partial charge in [0.15, 0.2) is 0 Å². The number of aromatic nitrogens is 2. The molecule has 1 saturated carbocycles. The van der Waals surface area contributed by atoms with Crippen molar-refractivity contribution in [3.63, 3.8) is 0 Å². The zero-order valence-corrected chi connectivity index (χ0v) is 16.1. The molecule has 0 aromatic carbocycles. The van der Waals surface area contributed by atoms with Crippen molar-refractivity contribution in [2.75, 3.05) is 19.6 Å². The Kier molecular flexibility index (Phi) is 4.93. The molecular formula is C21H30N4O. The van der Waals surface area contributed by atoms with E-state index >= 15 is 0 Å². The molecule has 26 heavy (non-hydrogen) atoms. The molecule has 1 aromatic rings. The molecule has 0 radical (unpaired) electrons. The summed E-state index contributed by atoms with van der Waals surface area (Å²) in [4.78, 5) is 24.4. The van der Waals surface area contributed by atoms with Crippen LogP contribution in [0.15, 0.2) is 24.8 Å². The van der Waals surface area contributed by atoms with Gasteiger partial charge in [0.2, 0.25) is 0 Å². The van der Waals surface area contributed by atoms with Gasteiger partial charge in [-0.3, -0.25) is 14.6 Å². The van der Waals surface area contributed by atoms with Crippen molar-refractivity contribution in [3.05, 3.63) is 30.4 Å². The predicted molar refractivity (Wildman–Crippen MR) is 103 cm³/mol. The van der Waals surface area contributed by atoms with Crippen LogP contribution in [0.3, 0.4) is 0 Å². The molecule has 0 spiro atoms. The molecule has 2 aliphatic heterocycles. The van der Waals surface area contributed by atoms with E-state index in [0.29, 0.717) is 29.8 Å². The van der Waals surface area contributed by atoms with E-state index in [1.165, 1.54) is 24.1 Å². The molecule has 1 aromatic heterocycles. The van der Waals surface area contributed by atoms with Crippen LogP contribution in [-0.2, 0) is 4.79 Å². The van der Waals surface area contributed by atoms with E-state index in [0.717, 1.165) is 31.8 Å². The molecule has 2 aliphatic carbocycles. The van der Waals surface area contributed by atoms with Crippen molar-refractivity contribution in [2.24, 2.45) is 11.8 Å². The number of Topliss-reactive ketones (excluding diaryl/α,β-unsaturated/α-hetero) is 1. The summed E-state index contributed by atoms with van der Waals surface area (Å²) in [6.07, 6.45) is 11.1. The highest BCUT2D eigenvalue weighted by atomic mass is 16.1. The number of hydrogen-bond donors (Lipinski definition) is 0. The van der Waals surface area contributed by atoms with Crippen LogP contribution in [0.25, 0.3) is 5.57 Å². The Balaban J connectivity index is 0.000000136. The minimum atomic E-state index is 0.391. The van der Waals surface area contributed by atoms with E-state index in [4.69, 9.17) is 0 Å². The summed E-state index contributed by atoms with van der Waals surface area (Å²) in [5.74, 6) is 1.65. The van der Waals surface area contributed by atoms with Gasteiger partial charge in [-0.2, -0.15) is 0 Å². The van der Waals surface area contributed by atoms with E-state index in [-0.39, 0.29) is 0 Å². The number of likely N-dealkylation sites (N-methyl/N-ethyl adjacent to an activating group) is 1. The molecular weight excluding hydrogens is 324 g/mol. The summed E-state index contributed by atoms with van der Waals surface area (Å²) >= 11 is 0. The molecule has 4 atom stereocenters. The van der Waals surface area contributed by atoms with Crippen LogP contribution in [0.5, 0.6) is 0 Å². The first-order valence-electron chi connectivity index (χ1n) is 10.1. The Bertz CT molecular complexity index is 687. The molecule has 0 amide bonds. The normalized spacial score (nSPS) is 32.9. The fourth-order valence-corrected chi connectivity index (χ4v) is 5.24. The minimum Gasteiger partial charge on any atom is -0.299 e. The summed E-state index contributed by atoms with van der Waals surface area (Å²) in [6.45, 7) is 10.1. The van der Waals surface area contributed by atoms with Crippen molar-refractivity contribution >= 4 is 11.4 Å². The summed E-state index contributed by atoms with van der Waals surface area (Å²) in [5, 5.41) is 0. The maximum absolute atomic E-state index is 11.2. The van der Waals surface area contributed by atoms with Crippen LogP contribution < -0.4 is 0 Å². The summed E-state index contributed by atoms with van der Waals surface area (Å²) in [6, 6.07) is 1.83. The fourth-order valence-electron chi connectivity index (χ4n) is 5.24. The topological polar surface area (TPSA) is 49.3 Å². The maximum Gasteiger partial charge on any atom is 0.138 e. The van der Waals surface area contributed by atoms with Gasteiger partial charge in [-0.1, -0.05) is 13.0 Å². The zero-order valence-electron chi connectivity index (χ0n) is 16.1. The van der Waals surface area contributed by atoms with Gasteiger partial charge in [0.1, 0.15) is 12.1 Å². The lowest BCUT2D eigenvalue weighted by Gasteiger charge is -2.29. The number of piperidine rings is 1. The zero-order chi connectivity index (χ0) is 18.3. The Morgan fingerprint density at radius 3 is 2.50 bits per heavy atom. The van der Waals surface area contributed by atoms with Crippen LogP contribution >= 0.6 is 0 Å². The standard InChI is InChI=1S/C12H15N3.C9H15NO/c1-2-15-7-9-3-11(12(15)4-9)10-5-13-8-14-6-10;1-6(2)10-5-7-3-8(10)4-9(7)11/h3,5-6,8-9,12H,2,4,7H2,1H3;6-8H,3-5H2,1-2H3. The van der Waals surface area contributed by atoms with Gasteiger partial charge in [-0.15, -0.1) is 0 Å². The van der Waals surface area contributed by atoms with E-state index in [1.807, 2.05) is 12.4 Å². The lowest BCUT2D eigenvalue weighted by molar-refractivity contribution is -0.122. The van der Waals surface area contributed by atoms with E-state index in [9.17, 15) is 4.79 Å². The monoisotopic (exact) mass is 354 g/mol. The van der Waals surface area contributed by atoms with Gasteiger partial charge in [-0.25, -0.2) is 9.97 Å². The minimum absolute atomic E-state index is 0.391. The third-order valence-corrected chi connectivity index (χ3v) is 6.52. The summed E-state index contributed by atoms with van der Waals surface area (Å²) < 4.78 is 0. The molecule has 140 valence electrons. The second-order valence-corrected chi connectivity index (χ2v) is 8.40. The highest BCUT2D eigenvalue weighted by Crippen LogP contribution is 2.41. The van der Waals surface area contributed by atoms with Crippen molar-refractivity contribution in [2.45, 2.75) is 58.2 Å². The lowest BCUT2D eigenvalue weighted by atomic mass is 10.0. The van der Waals surface area contributed by atoms with E-state index in [2.05, 4.69) is 46.6 Å². The second-order valence-electron chi connectivity index (χ2n) is 8.40. The lowest BCUT2D eigenvalue weighted by Crippen LogP contribution is -2.40. The number of rotatable bonds is 3. The molecule has 5 nitrogen and oxygen atoms in total. The predicted octanol–water partition coefficient (Wildman–Crippen LogP) is 2.64. The first-order chi connectivity index (χ1) is 12.6. The van der Waals surface area contributed by atoms with Crippen molar-refractivity contribution in [1.29, 1.82) is 0 Å². The third kappa shape index (κ3) is 3.23. The summed E-state index contributed by atoms with van der Waals surface area (Å²) in [5.41, 5.74) is 2.64. The SMILES string of the molecule is CC(C)N1CC2CC1CC2=O.CCN1CC2C=C(c3cncnc3)C1C2. The van der Waals surface area contributed by atoms with Gasteiger partial charge >= 0.3 is 0 Å². The molecule has 4 unspecified atom stereocenters. The van der Waals surface area contributed by atoms with Crippen LogP contribution in [0.2, 0.25) is 0 Å². The van der Waals surface area contributed by atoms with Crippen LogP contribution in [0.4, 0.5) is 0 Å². The molecule has 2 saturated heterocycles. The Labute approximate surface area is 156 Å². The molecule has 4 aliphatic rings. The van der Waals surface area contributed by atoms with Crippen LogP contribution in [0, 0.1) is 11.8 Å². The quantitative estimate of drug-likeness (QED) is 0.835. The van der Waals surface area contributed by atoms with E-state index < -0.39 is 0 Å². The van der Waals surface area contributed by atoms with Gasteiger partial charge in [-0.05, 0) is 44.7 Å². The Morgan fingerprint density at radius 2 is 1.96 bits per heavy atom. The van der Waals surface area contributed by atoms with Crippen molar-refractivity contribution in [3.8, 4) is 0 Å². The Morgan fingerprint density at radius 1 is 1.19 bits per heavy atom. The van der Waals surface area contributed by atoms with Crippen molar-refractivity contribution in [1.82, 2.24) is 19.8 Å². The smallest absolute Gasteiger partial charge is 0.138 e. The second kappa shape index (κ2) is 7.20.